The molecule has 1 aliphatic rings. The number of fused-ring (bicyclic) bond motifs is 1. The maximum atomic E-state index is 12.6. The number of carbonyl (C=O) groups is 2. The molecule has 0 bridgehead atoms. The molecule has 0 aromatic heterocycles. The highest BCUT2D eigenvalue weighted by Gasteiger charge is 2.26. The summed E-state index contributed by atoms with van der Waals surface area (Å²) >= 11 is 0.839. The minimum absolute atomic E-state index is 0.0371. The van der Waals surface area contributed by atoms with Gasteiger partial charge >= 0.3 is 5.97 Å². The zero-order chi connectivity index (χ0) is 18.7. The molecule has 2 aromatic rings. The monoisotopic (exact) mass is 387 g/mol. The van der Waals surface area contributed by atoms with E-state index in [1.54, 1.807) is 42.5 Å². The molecule has 0 saturated carbocycles. The average Bonchev–Trinajstić information content (AvgIpc) is 2.63. The molecule has 1 aliphatic carbocycles. The Labute approximate surface area is 154 Å². The van der Waals surface area contributed by atoms with Gasteiger partial charge in [-0.25, -0.2) is 0 Å². The molecule has 0 aliphatic heterocycles. The number of Topliss-reactive ketones (excluding diaryl/α,β-unsaturated/α-hetero) is 1. The van der Waals surface area contributed by atoms with Crippen LogP contribution >= 0.6 is 11.8 Å². The van der Waals surface area contributed by atoms with E-state index in [0.29, 0.717) is 11.1 Å². The molecule has 0 saturated heterocycles. The van der Waals surface area contributed by atoms with Gasteiger partial charge in [-0.2, -0.15) is 12.8 Å². The summed E-state index contributed by atoms with van der Waals surface area (Å²) < 4.78 is 29.0. The van der Waals surface area contributed by atoms with E-state index in [1.165, 1.54) is 18.2 Å². The number of aliphatic carboxylic acids is 1. The van der Waals surface area contributed by atoms with Crippen LogP contribution in [0.1, 0.15) is 15.9 Å². The van der Waals surface area contributed by atoms with Crippen LogP contribution in [0, 0.1) is 0 Å². The van der Waals surface area contributed by atoms with Gasteiger partial charge in [-0.1, -0.05) is 42.5 Å². The van der Waals surface area contributed by atoms with Crippen molar-refractivity contribution in [2.24, 2.45) is 4.40 Å². The molecule has 0 atom stereocenters. The van der Waals surface area contributed by atoms with Gasteiger partial charge in [-0.15, -0.1) is 11.8 Å². The number of ketones is 1. The first-order chi connectivity index (χ1) is 12.4. The van der Waals surface area contributed by atoms with Crippen molar-refractivity contribution in [2.75, 3.05) is 5.75 Å². The zero-order valence-electron chi connectivity index (χ0n) is 13.3. The lowest BCUT2D eigenvalue weighted by molar-refractivity contribution is -0.133. The van der Waals surface area contributed by atoms with Crippen molar-refractivity contribution in [3.8, 4) is 0 Å². The molecular formula is C18H13NO5S2. The average molecular weight is 387 g/mol. The van der Waals surface area contributed by atoms with E-state index >= 15 is 0 Å². The van der Waals surface area contributed by atoms with Crippen molar-refractivity contribution in [2.45, 2.75) is 4.90 Å². The van der Waals surface area contributed by atoms with Gasteiger partial charge in [0.2, 0.25) is 0 Å². The molecular weight excluding hydrogens is 374 g/mol. The SMILES string of the molecule is O=C(O)CSC1=C/C(=N/S(=O)(=O)c2ccccc2)c2ccccc2C1=O. The Morgan fingerprint density at radius 2 is 1.62 bits per heavy atom. The van der Waals surface area contributed by atoms with Gasteiger partial charge < -0.3 is 5.11 Å². The number of allylic oxidation sites excluding steroid dienone is 2. The number of thioether (sulfide) groups is 1. The van der Waals surface area contributed by atoms with Gasteiger partial charge in [0.25, 0.3) is 10.0 Å². The van der Waals surface area contributed by atoms with E-state index < -0.39 is 16.0 Å². The summed E-state index contributed by atoms with van der Waals surface area (Å²) in [6, 6.07) is 14.3. The molecule has 0 amide bonds. The third kappa shape index (κ3) is 3.76. The topological polar surface area (TPSA) is 101 Å². The van der Waals surface area contributed by atoms with E-state index in [2.05, 4.69) is 4.40 Å². The van der Waals surface area contributed by atoms with Crippen molar-refractivity contribution >= 4 is 39.2 Å². The smallest absolute Gasteiger partial charge is 0.313 e. The number of carboxylic acids is 1. The van der Waals surface area contributed by atoms with Crippen LogP contribution in [0.15, 0.2) is 74.9 Å². The predicted octanol–water partition coefficient (Wildman–Crippen LogP) is 2.76. The van der Waals surface area contributed by atoms with Crippen molar-refractivity contribution < 1.29 is 23.1 Å². The highest BCUT2D eigenvalue weighted by atomic mass is 32.2. The standard InChI is InChI=1S/C18H13NO5S2/c20-17(21)11-25-16-10-15(13-8-4-5-9-14(13)18(16)22)19-26(23,24)12-6-2-1-3-7-12/h1-10H,11H2,(H,20,21)/b19-15-. The summed E-state index contributed by atoms with van der Waals surface area (Å²) in [6.07, 6.45) is 1.33. The summed E-state index contributed by atoms with van der Waals surface area (Å²) in [5.74, 6) is -1.72. The fraction of sp³-hybridized carbons (Fsp3) is 0.0556. The first-order valence-electron chi connectivity index (χ1n) is 7.49. The Morgan fingerprint density at radius 3 is 2.27 bits per heavy atom. The van der Waals surface area contributed by atoms with Crippen LogP contribution in [-0.2, 0) is 14.8 Å². The zero-order valence-corrected chi connectivity index (χ0v) is 15.0. The van der Waals surface area contributed by atoms with Crippen LogP contribution in [0.2, 0.25) is 0 Å². The second-order valence-corrected chi connectivity index (χ2v) is 7.95. The first kappa shape index (κ1) is 18.1. The minimum atomic E-state index is -3.97. The van der Waals surface area contributed by atoms with E-state index in [0.717, 1.165) is 11.8 Å². The number of hydrogen-bond donors (Lipinski definition) is 1. The molecule has 132 valence electrons. The van der Waals surface area contributed by atoms with Crippen LogP contribution in [0.4, 0.5) is 0 Å². The summed E-state index contributed by atoms with van der Waals surface area (Å²) in [5.41, 5.74) is 0.804. The maximum absolute atomic E-state index is 12.6. The van der Waals surface area contributed by atoms with E-state index in [1.807, 2.05) is 0 Å². The largest absolute Gasteiger partial charge is 0.481 e. The summed E-state index contributed by atoms with van der Waals surface area (Å²) in [6.45, 7) is 0. The molecule has 8 heteroatoms. The molecule has 0 unspecified atom stereocenters. The molecule has 1 N–H and O–H groups in total. The first-order valence-corrected chi connectivity index (χ1v) is 9.91. The van der Waals surface area contributed by atoms with Gasteiger partial charge in [0.1, 0.15) is 0 Å². The Kier molecular flexibility index (Phi) is 5.06. The second kappa shape index (κ2) is 7.27. The number of rotatable bonds is 5. The van der Waals surface area contributed by atoms with Crippen molar-refractivity contribution in [1.29, 1.82) is 0 Å². The highest BCUT2D eigenvalue weighted by molar-refractivity contribution is 8.04. The Balaban J connectivity index is 2.11. The summed E-state index contributed by atoms with van der Waals surface area (Å²) in [5, 5.41) is 8.84. The second-order valence-electron chi connectivity index (χ2n) is 5.33. The van der Waals surface area contributed by atoms with Crippen LogP contribution in [0.3, 0.4) is 0 Å². The third-order valence-corrected chi connectivity index (χ3v) is 5.86. The number of carboxylic acid groups (broad SMARTS) is 1. The molecule has 0 radical (unpaired) electrons. The van der Waals surface area contributed by atoms with Crippen molar-refractivity contribution in [3.05, 3.63) is 76.7 Å². The quantitative estimate of drug-likeness (QED) is 0.847. The summed E-state index contributed by atoms with van der Waals surface area (Å²) in [4.78, 5) is 23.5. The third-order valence-electron chi connectivity index (χ3n) is 3.55. The van der Waals surface area contributed by atoms with Crippen molar-refractivity contribution in [3.63, 3.8) is 0 Å². The van der Waals surface area contributed by atoms with Gasteiger partial charge in [-0.05, 0) is 18.2 Å². The fourth-order valence-electron chi connectivity index (χ4n) is 2.40. The lowest BCUT2D eigenvalue weighted by Gasteiger charge is -2.16. The molecule has 26 heavy (non-hydrogen) atoms. The molecule has 0 spiro atoms. The Hall–Kier alpha value is -2.71. The molecule has 6 nitrogen and oxygen atoms in total. The molecule has 0 fully saturated rings. The van der Waals surface area contributed by atoms with E-state index in [4.69, 9.17) is 5.11 Å². The van der Waals surface area contributed by atoms with Gasteiger partial charge in [-0.3, -0.25) is 9.59 Å². The number of nitrogens with zero attached hydrogens (tertiary/aromatic N) is 1. The number of benzene rings is 2. The molecule has 0 heterocycles. The lowest BCUT2D eigenvalue weighted by Crippen LogP contribution is -2.18. The van der Waals surface area contributed by atoms with Crippen LogP contribution < -0.4 is 0 Å². The number of hydrogen-bond acceptors (Lipinski definition) is 5. The van der Waals surface area contributed by atoms with Crippen molar-refractivity contribution in [1.82, 2.24) is 0 Å². The lowest BCUT2D eigenvalue weighted by atomic mass is 9.94. The van der Waals surface area contributed by atoms with Gasteiger partial charge in [0.05, 0.1) is 21.3 Å². The fourth-order valence-corrected chi connectivity index (χ4v) is 4.13. The Bertz CT molecular complexity index is 1040. The normalized spacial score (nSPS) is 15.5. The van der Waals surface area contributed by atoms with Gasteiger partial charge in [0, 0.05) is 11.1 Å². The maximum Gasteiger partial charge on any atom is 0.313 e. The van der Waals surface area contributed by atoms with Crippen LogP contribution in [0.5, 0.6) is 0 Å². The summed E-state index contributed by atoms with van der Waals surface area (Å²) in [7, 11) is -3.97. The molecule has 3 rings (SSSR count). The number of carbonyl (C=O) groups excluding carboxylic acids is 1. The van der Waals surface area contributed by atoms with Crippen LogP contribution in [0.25, 0.3) is 0 Å². The van der Waals surface area contributed by atoms with Gasteiger partial charge in [0.15, 0.2) is 5.78 Å². The predicted molar refractivity (Wildman–Crippen MR) is 99.1 cm³/mol. The molecule has 2 aromatic carbocycles. The van der Waals surface area contributed by atoms with E-state index in [-0.39, 0.29) is 27.0 Å². The minimum Gasteiger partial charge on any atom is -0.481 e. The Morgan fingerprint density at radius 1 is 1.00 bits per heavy atom. The highest BCUT2D eigenvalue weighted by Crippen LogP contribution is 2.29. The number of sulfonamides is 1. The van der Waals surface area contributed by atoms with E-state index in [9.17, 15) is 18.0 Å². The van der Waals surface area contributed by atoms with Crippen LogP contribution in [-0.4, -0.2) is 36.7 Å².